The molecule has 1 saturated heterocycles. The van der Waals surface area contributed by atoms with Crippen LogP contribution in [0.1, 0.15) is 23.7 Å². The van der Waals surface area contributed by atoms with Gasteiger partial charge in [-0.05, 0) is 30.5 Å². The third kappa shape index (κ3) is 2.79. The predicted molar refractivity (Wildman–Crippen MR) is 72.2 cm³/mol. The SMILES string of the molecule is CC1CN(C(=O)c2ccc(Cl)cc2Cl)CCC1O. The van der Waals surface area contributed by atoms with Crippen molar-refractivity contribution in [1.82, 2.24) is 4.90 Å². The number of benzene rings is 1. The van der Waals surface area contributed by atoms with Crippen molar-refractivity contribution in [2.24, 2.45) is 5.92 Å². The average molecular weight is 288 g/mol. The Hall–Kier alpha value is -0.770. The van der Waals surface area contributed by atoms with E-state index in [9.17, 15) is 9.90 Å². The van der Waals surface area contributed by atoms with Crippen molar-refractivity contribution in [2.45, 2.75) is 19.4 Å². The Morgan fingerprint density at radius 3 is 2.78 bits per heavy atom. The van der Waals surface area contributed by atoms with Crippen molar-refractivity contribution >= 4 is 29.1 Å². The second kappa shape index (κ2) is 5.47. The lowest BCUT2D eigenvalue weighted by atomic mass is 9.96. The number of piperidine rings is 1. The number of hydrogen-bond acceptors (Lipinski definition) is 2. The number of carbonyl (C=O) groups excluding carboxylic acids is 1. The summed E-state index contributed by atoms with van der Waals surface area (Å²) in [5.74, 6) is -0.0100. The maximum absolute atomic E-state index is 12.3. The van der Waals surface area contributed by atoms with Gasteiger partial charge in [-0.25, -0.2) is 0 Å². The van der Waals surface area contributed by atoms with Gasteiger partial charge in [0.1, 0.15) is 0 Å². The number of carbonyl (C=O) groups is 1. The summed E-state index contributed by atoms with van der Waals surface area (Å²) in [5.41, 5.74) is 0.463. The van der Waals surface area contributed by atoms with Crippen molar-refractivity contribution in [3.05, 3.63) is 33.8 Å². The molecule has 2 unspecified atom stereocenters. The standard InChI is InChI=1S/C13H15Cl2NO2/c1-8-7-16(5-4-12(8)17)13(18)10-3-2-9(14)6-11(10)15/h2-3,6,8,12,17H,4-5,7H2,1H3. The van der Waals surface area contributed by atoms with Crippen LogP contribution in [0.5, 0.6) is 0 Å². The van der Waals surface area contributed by atoms with Gasteiger partial charge < -0.3 is 10.0 Å². The van der Waals surface area contributed by atoms with Crippen LogP contribution >= 0.6 is 23.2 Å². The Balaban J connectivity index is 2.16. The highest BCUT2D eigenvalue weighted by Gasteiger charge is 2.28. The smallest absolute Gasteiger partial charge is 0.255 e. The summed E-state index contributed by atoms with van der Waals surface area (Å²) in [6.45, 7) is 3.05. The molecule has 1 heterocycles. The number of halogens is 2. The van der Waals surface area contributed by atoms with Gasteiger partial charge in [-0.3, -0.25) is 4.79 Å². The van der Waals surface area contributed by atoms with E-state index in [4.69, 9.17) is 23.2 Å². The van der Waals surface area contributed by atoms with Gasteiger partial charge in [-0.15, -0.1) is 0 Å². The molecule has 1 fully saturated rings. The summed E-state index contributed by atoms with van der Waals surface area (Å²) in [7, 11) is 0. The van der Waals surface area contributed by atoms with E-state index < -0.39 is 0 Å². The van der Waals surface area contributed by atoms with Gasteiger partial charge >= 0.3 is 0 Å². The van der Waals surface area contributed by atoms with Crippen LogP contribution in [-0.2, 0) is 0 Å². The quantitative estimate of drug-likeness (QED) is 0.863. The number of aliphatic hydroxyl groups is 1. The molecule has 0 radical (unpaired) electrons. The summed E-state index contributed by atoms with van der Waals surface area (Å²) < 4.78 is 0. The second-order valence-electron chi connectivity index (χ2n) is 4.71. The van der Waals surface area contributed by atoms with E-state index in [0.29, 0.717) is 35.1 Å². The van der Waals surface area contributed by atoms with Crippen LogP contribution in [0.3, 0.4) is 0 Å². The molecular weight excluding hydrogens is 273 g/mol. The summed E-state index contributed by atoms with van der Waals surface area (Å²) in [5, 5.41) is 10.5. The first kappa shape index (κ1) is 13.7. The first-order chi connectivity index (χ1) is 8.49. The summed E-state index contributed by atoms with van der Waals surface area (Å²) in [4.78, 5) is 14.0. The van der Waals surface area contributed by atoms with Crippen molar-refractivity contribution in [3.8, 4) is 0 Å². The second-order valence-corrected chi connectivity index (χ2v) is 5.55. The van der Waals surface area contributed by atoms with Crippen LogP contribution in [0.15, 0.2) is 18.2 Å². The van der Waals surface area contributed by atoms with Crippen molar-refractivity contribution in [1.29, 1.82) is 0 Å². The molecule has 0 aliphatic carbocycles. The fourth-order valence-corrected chi connectivity index (χ4v) is 2.64. The zero-order chi connectivity index (χ0) is 13.3. The van der Waals surface area contributed by atoms with Gasteiger partial charge in [-0.2, -0.15) is 0 Å². The zero-order valence-electron chi connectivity index (χ0n) is 10.1. The van der Waals surface area contributed by atoms with Gasteiger partial charge in [0.15, 0.2) is 0 Å². The molecule has 1 amide bonds. The van der Waals surface area contributed by atoms with E-state index in [1.807, 2.05) is 6.92 Å². The minimum Gasteiger partial charge on any atom is -0.393 e. The molecular formula is C13H15Cl2NO2. The highest BCUT2D eigenvalue weighted by atomic mass is 35.5. The number of nitrogens with zero attached hydrogens (tertiary/aromatic N) is 1. The van der Waals surface area contributed by atoms with Crippen LogP contribution in [-0.4, -0.2) is 35.1 Å². The molecule has 1 aliphatic heterocycles. The highest BCUT2D eigenvalue weighted by molar-refractivity contribution is 6.36. The largest absolute Gasteiger partial charge is 0.393 e. The summed E-state index contributed by atoms with van der Waals surface area (Å²) in [6.07, 6.45) is 0.285. The third-order valence-corrected chi connectivity index (χ3v) is 3.86. The Morgan fingerprint density at radius 2 is 2.17 bits per heavy atom. The van der Waals surface area contributed by atoms with E-state index in [2.05, 4.69) is 0 Å². The van der Waals surface area contributed by atoms with Crippen molar-refractivity contribution in [2.75, 3.05) is 13.1 Å². The zero-order valence-corrected chi connectivity index (χ0v) is 11.6. The summed E-state index contributed by atoms with van der Waals surface area (Å²) >= 11 is 11.8. The van der Waals surface area contributed by atoms with Gasteiger partial charge in [0.05, 0.1) is 16.7 Å². The number of hydrogen-bond donors (Lipinski definition) is 1. The van der Waals surface area contributed by atoms with Crippen LogP contribution < -0.4 is 0 Å². The normalized spacial score (nSPS) is 24.1. The maximum Gasteiger partial charge on any atom is 0.255 e. The molecule has 3 nitrogen and oxygen atoms in total. The molecule has 5 heteroatoms. The van der Waals surface area contributed by atoms with Gasteiger partial charge in [-0.1, -0.05) is 30.1 Å². The fraction of sp³-hybridized carbons (Fsp3) is 0.462. The van der Waals surface area contributed by atoms with Crippen molar-refractivity contribution < 1.29 is 9.90 Å². The van der Waals surface area contributed by atoms with E-state index in [-0.39, 0.29) is 17.9 Å². The van der Waals surface area contributed by atoms with Gasteiger partial charge in [0.2, 0.25) is 0 Å². The van der Waals surface area contributed by atoms with E-state index >= 15 is 0 Å². The molecule has 0 spiro atoms. The highest BCUT2D eigenvalue weighted by Crippen LogP contribution is 2.24. The Morgan fingerprint density at radius 1 is 1.44 bits per heavy atom. The molecule has 2 atom stereocenters. The van der Waals surface area contributed by atoms with Crippen LogP contribution in [0, 0.1) is 5.92 Å². The van der Waals surface area contributed by atoms with Crippen LogP contribution in [0.2, 0.25) is 10.0 Å². The minimum absolute atomic E-state index is 0.0915. The molecule has 1 aliphatic rings. The first-order valence-electron chi connectivity index (χ1n) is 5.91. The Labute approximate surface area is 116 Å². The van der Waals surface area contributed by atoms with Gasteiger partial charge in [0.25, 0.3) is 5.91 Å². The number of likely N-dealkylation sites (tertiary alicyclic amines) is 1. The fourth-order valence-electron chi connectivity index (χ4n) is 2.15. The lowest BCUT2D eigenvalue weighted by Gasteiger charge is -2.34. The molecule has 2 rings (SSSR count). The molecule has 0 aromatic heterocycles. The molecule has 98 valence electrons. The summed E-state index contributed by atoms with van der Waals surface area (Å²) in [6, 6.07) is 4.87. The number of rotatable bonds is 1. The lowest BCUT2D eigenvalue weighted by Crippen LogP contribution is -2.45. The molecule has 18 heavy (non-hydrogen) atoms. The lowest BCUT2D eigenvalue weighted by molar-refractivity contribution is 0.0298. The van der Waals surface area contributed by atoms with Gasteiger partial charge in [0, 0.05) is 18.1 Å². The molecule has 1 N–H and O–H groups in total. The average Bonchev–Trinajstić information content (AvgIpc) is 2.32. The number of amides is 1. The minimum atomic E-state index is -0.324. The Kier molecular flexibility index (Phi) is 4.15. The Bertz CT molecular complexity index is 464. The van der Waals surface area contributed by atoms with E-state index in [1.165, 1.54) is 0 Å². The monoisotopic (exact) mass is 287 g/mol. The van der Waals surface area contributed by atoms with Crippen molar-refractivity contribution in [3.63, 3.8) is 0 Å². The van der Waals surface area contributed by atoms with E-state index in [1.54, 1.807) is 23.1 Å². The molecule has 1 aromatic carbocycles. The van der Waals surface area contributed by atoms with Crippen LogP contribution in [0.25, 0.3) is 0 Å². The van der Waals surface area contributed by atoms with E-state index in [0.717, 1.165) is 0 Å². The molecule has 1 aromatic rings. The topological polar surface area (TPSA) is 40.5 Å². The first-order valence-corrected chi connectivity index (χ1v) is 6.67. The number of aliphatic hydroxyl groups excluding tert-OH is 1. The third-order valence-electron chi connectivity index (χ3n) is 3.31. The molecule has 0 bridgehead atoms. The molecule has 0 saturated carbocycles. The van der Waals surface area contributed by atoms with Crippen LogP contribution in [0.4, 0.5) is 0 Å². The maximum atomic E-state index is 12.3. The predicted octanol–water partition coefficient (Wildman–Crippen LogP) is 2.84.